The number of benzene rings is 2. The third kappa shape index (κ3) is 4.34. The third-order valence-electron chi connectivity index (χ3n) is 5.12. The number of hydrogen-bond acceptors (Lipinski definition) is 4. The quantitative estimate of drug-likeness (QED) is 0.347. The molecule has 0 aromatic heterocycles. The van der Waals surface area contributed by atoms with Gasteiger partial charge < -0.3 is 9.47 Å². The van der Waals surface area contributed by atoms with Crippen molar-refractivity contribution in [2.75, 3.05) is 13.7 Å². The number of ether oxygens (including phenoxy) is 2. The van der Waals surface area contributed by atoms with Crippen LogP contribution in [0.15, 0.2) is 36.4 Å². The average Bonchev–Trinajstić information content (AvgIpc) is 2.65. The molecule has 2 aromatic carbocycles. The second-order valence-corrected chi connectivity index (χ2v) is 8.62. The number of carbonyl (C=O) groups is 2. The van der Waals surface area contributed by atoms with Crippen molar-refractivity contribution in [1.29, 1.82) is 0 Å². The van der Waals surface area contributed by atoms with E-state index in [1.165, 1.54) is 24.7 Å². The number of halogens is 1. The number of carbonyl (C=O) groups excluding carboxylic acids is 2. The summed E-state index contributed by atoms with van der Waals surface area (Å²) in [6.07, 6.45) is 3.41. The molecule has 27 heavy (non-hydrogen) atoms. The van der Waals surface area contributed by atoms with Crippen molar-refractivity contribution < 1.29 is 19.1 Å². The van der Waals surface area contributed by atoms with E-state index in [0.29, 0.717) is 16.9 Å². The highest BCUT2D eigenvalue weighted by atomic mass is 127. The summed E-state index contributed by atoms with van der Waals surface area (Å²) in [4.78, 5) is 24.2. The summed E-state index contributed by atoms with van der Waals surface area (Å²) in [5, 5.41) is 0. The first-order valence-electron chi connectivity index (χ1n) is 8.99. The molecular formula is C22H23IO4. The van der Waals surface area contributed by atoms with E-state index in [1.54, 1.807) is 18.2 Å². The van der Waals surface area contributed by atoms with Gasteiger partial charge in [0.05, 0.1) is 16.2 Å². The maximum Gasteiger partial charge on any atom is 0.337 e. The molecule has 0 bridgehead atoms. The lowest BCUT2D eigenvalue weighted by molar-refractivity contribution is 0.0600. The van der Waals surface area contributed by atoms with E-state index in [9.17, 15) is 9.59 Å². The topological polar surface area (TPSA) is 52.6 Å². The normalized spacial score (nSPS) is 15.0. The zero-order chi connectivity index (χ0) is 19.6. The Hall–Kier alpha value is -1.89. The molecule has 5 heteroatoms. The summed E-state index contributed by atoms with van der Waals surface area (Å²) in [6.45, 7) is 4.44. The molecule has 0 amide bonds. The molecule has 0 aliphatic heterocycles. The van der Waals surface area contributed by atoms with Crippen molar-refractivity contribution in [3.8, 4) is 5.75 Å². The van der Waals surface area contributed by atoms with E-state index < -0.39 is 5.97 Å². The molecule has 0 heterocycles. The predicted octanol–water partition coefficient (Wildman–Crippen LogP) is 4.95. The second-order valence-electron chi connectivity index (χ2n) is 7.46. The molecule has 1 aliphatic carbocycles. The Morgan fingerprint density at radius 2 is 1.85 bits per heavy atom. The smallest absolute Gasteiger partial charge is 0.337 e. The van der Waals surface area contributed by atoms with Gasteiger partial charge in [0.1, 0.15) is 5.75 Å². The molecule has 0 fully saturated rings. The number of hydrogen-bond donors (Lipinski definition) is 0. The molecule has 0 saturated carbocycles. The molecule has 0 unspecified atom stereocenters. The molecule has 0 N–H and O–H groups in total. The Balaban J connectivity index is 1.72. The van der Waals surface area contributed by atoms with Gasteiger partial charge in [-0.25, -0.2) is 4.79 Å². The van der Waals surface area contributed by atoms with Crippen molar-refractivity contribution in [3.05, 3.63) is 62.2 Å². The zero-order valence-electron chi connectivity index (χ0n) is 15.8. The molecular weight excluding hydrogens is 455 g/mol. The van der Waals surface area contributed by atoms with Crippen molar-refractivity contribution in [3.63, 3.8) is 0 Å². The third-order valence-corrected chi connectivity index (χ3v) is 5.96. The lowest BCUT2D eigenvalue weighted by atomic mass is 9.72. The molecule has 2 aromatic rings. The summed E-state index contributed by atoms with van der Waals surface area (Å²) in [5.74, 6) is 0.133. The molecule has 4 nitrogen and oxygen atoms in total. The highest BCUT2D eigenvalue weighted by molar-refractivity contribution is 14.1. The first-order valence-corrected chi connectivity index (χ1v) is 10.1. The number of fused-ring (bicyclic) bond motifs is 1. The van der Waals surface area contributed by atoms with Crippen LogP contribution in [0, 0.1) is 3.57 Å². The maximum atomic E-state index is 12.6. The molecule has 0 radical (unpaired) electrons. The molecule has 1 aliphatic rings. The number of aryl methyl sites for hydroxylation is 1. The van der Waals surface area contributed by atoms with Crippen LogP contribution in [-0.4, -0.2) is 25.5 Å². The van der Waals surface area contributed by atoms with E-state index in [1.807, 2.05) is 12.1 Å². The Kier molecular flexibility index (Phi) is 5.89. The Bertz CT molecular complexity index is 886. The molecule has 0 saturated heterocycles. The number of rotatable bonds is 5. The zero-order valence-corrected chi connectivity index (χ0v) is 18.0. The SMILES string of the molecule is COC(=O)c1ccc(OCC(=O)c2ccc3c(c2)C(C)(C)CCC3)c(I)c1. The monoisotopic (exact) mass is 478 g/mol. The minimum Gasteiger partial charge on any atom is -0.484 e. The first-order chi connectivity index (χ1) is 12.8. The first kappa shape index (κ1) is 19.9. The van der Waals surface area contributed by atoms with Gasteiger partial charge in [0, 0.05) is 5.56 Å². The van der Waals surface area contributed by atoms with Gasteiger partial charge in [0.25, 0.3) is 0 Å². The largest absolute Gasteiger partial charge is 0.484 e. The van der Waals surface area contributed by atoms with Crippen LogP contribution < -0.4 is 4.74 Å². The van der Waals surface area contributed by atoms with Gasteiger partial charge in [0.2, 0.25) is 0 Å². The van der Waals surface area contributed by atoms with Crippen molar-refractivity contribution in [1.82, 2.24) is 0 Å². The van der Waals surface area contributed by atoms with Gasteiger partial charge in [-0.2, -0.15) is 0 Å². The van der Waals surface area contributed by atoms with Crippen LogP contribution in [0.1, 0.15) is 58.5 Å². The van der Waals surface area contributed by atoms with Gasteiger partial charge in [-0.15, -0.1) is 0 Å². The summed E-state index contributed by atoms with van der Waals surface area (Å²) in [7, 11) is 1.35. The van der Waals surface area contributed by atoms with Crippen LogP contribution in [0.4, 0.5) is 0 Å². The maximum absolute atomic E-state index is 12.6. The van der Waals surface area contributed by atoms with E-state index in [2.05, 4.69) is 42.5 Å². The van der Waals surface area contributed by atoms with E-state index in [-0.39, 0.29) is 17.8 Å². The fourth-order valence-corrected chi connectivity index (χ4v) is 4.21. The number of esters is 1. The summed E-state index contributed by atoms with van der Waals surface area (Å²) >= 11 is 2.09. The fraction of sp³-hybridized carbons (Fsp3) is 0.364. The van der Waals surface area contributed by atoms with E-state index in [4.69, 9.17) is 9.47 Å². The molecule has 0 atom stereocenters. The number of ketones is 1. The van der Waals surface area contributed by atoms with Crippen molar-refractivity contribution >= 4 is 34.3 Å². The van der Waals surface area contributed by atoms with Gasteiger partial charge in [-0.05, 0) is 82.7 Å². The summed E-state index contributed by atoms with van der Waals surface area (Å²) < 4.78 is 11.2. The van der Waals surface area contributed by atoms with Crippen LogP contribution in [0.2, 0.25) is 0 Å². The van der Waals surface area contributed by atoms with Crippen LogP contribution in [0.3, 0.4) is 0 Å². The van der Waals surface area contributed by atoms with Gasteiger partial charge in [0.15, 0.2) is 12.4 Å². The number of methoxy groups -OCH3 is 1. The second kappa shape index (κ2) is 8.00. The molecule has 3 rings (SSSR count). The predicted molar refractivity (Wildman–Crippen MR) is 113 cm³/mol. The van der Waals surface area contributed by atoms with Crippen LogP contribution in [-0.2, 0) is 16.6 Å². The standard InChI is InChI=1S/C22H23IO4/c1-22(2)10-4-5-14-6-7-15(11-17(14)22)19(24)13-27-20-9-8-16(12-18(20)23)21(25)26-3/h6-9,11-12H,4-5,10,13H2,1-3H3. The van der Waals surface area contributed by atoms with E-state index in [0.717, 1.165) is 16.4 Å². The van der Waals surface area contributed by atoms with Gasteiger partial charge >= 0.3 is 5.97 Å². The Morgan fingerprint density at radius 1 is 1.11 bits per heavy atom. The summed E-state index contributed by atoms with van der Waals surface area (Å²) in [5.41, 5.74) is 3.86. The van der Waals surface area contributed by atoms with Crippen molar-refractivity contribution in [2.45, 2.75) is 38.5 Å². The lowest BCUT2D eigenvalue weighted by Crippen LogP contribution is -2.24. The molecule has 142 valence electrons. The summed E-state index contributed by atoms with van der Waals surface area (Å²) in [6, 6.07) is 11.0. The van der Waals surface area contributed by atoms with Crippen molar-refractivity contribution in [2.24, 2.45) is 0 Å². The van der Waals surface area contributed by atoms with Crippen LogP contribution >= 0.6 is 22.6 Å². The van der Waals surface area contributed by atoms with Crippen LogP contribution in [0.5, 0.6) is 5.75 Å². The van der Waals surface area contributed by atoms with Crippen LogP contribution in [0.25, 0.3) is 0 Å². The van der Waals surface area contributed by atoms with E-state index >= 15 is 0 Å². The van der Waals surface area contributed by atoms with Gasteiger partial charge in [-0.1, -0.05) is 26.0 Å². The number of Topliss-reactive ketones (excluding diaryl/α,β-unsaturated/α-hetero) is 1. The Morgan fingerprint density at radius 3 is 2.56 bits per heavy atom. The fourth-order valence-electron chi connectivity index (χ4n) is 3.54. The molecule has 0 spiro atoms. The minimum atomic E-state index is -0.396. The average molecular weight is 478 g/mol. The Labute approximate surface area is 173 Å². The lowest BCUT2D eigenvalue weighted by Gasteiger charge is -2.32. The highest BCUT2D eigenvalue weighted by Crippen LogP contribution is 2.37. The minimum absolute atomic E-state index is 0.0349. The van der Waals surface area contributed by atoms with Gasteiger partial charge in [-0.3, -0.25) is 4.79 Å². The highest BCUT2D eigenvalue weighted by Gasteiger charge is 2.28.